The van der Waals surface area contributed by atoms with Gasteiger partial charge in [0.2, 0.25) is 0 Å². The molecule has 0 saturated carbocycles. The highest BCUT2D eigenvalue weighted by atomic mass is 16.5. The SMILES string of the molecule is CC[C@@]1(C)C[C@H](N=Cc2ccc(OC)cc2)CCO1. The Bertz CT molecular complexity index is 427. The number of hydrogen-bond donors (Lipinski definition) is 0. The van der Waals surface area contributed by atoms with E-state index in [1.165, 1.54) is 0 Å². The molecule has 1 aromatic carbocycles. The van der Waals surface area contributed by atoms with Crippen LogP contribution in [0.15, 0.2) is 29.3 Å². The summed E-state index contributed by atoms with van der Waals surface area (Å²) >= 11 is 0. The van der Waals surface area contributed by atoms with Crippen LogP contribution in [0.5, 0.6) is 5.75 Å². The zero-order chi connectivity index (χ0) is 13.7. The molecule has 0 N–H and O–H groups in total. The normalized spacial score (nSPS) is 27.6. The van der Waals surface area contributed by atoms with Gasteiger partial charge in [0.25, 0.3) is 0 Å². The van der Waals surface area contributed by atoms with Gasteiger partial charge in [-0.2, -0.15) is 0 Å². The predicted octanol–water partition coefficient (Wildman–Crippen LogP) is 3.46. The lowest BCUT2D eigenvalue weighted by Crippen LogP contribution is -2.38. The number of nitrogens with zero attached hydrogens (tertiary/aromatic N) is 1. The van der Waals surface area contributed by atoms with Crippen molar-refractivity contribution in [1.29, 1.82) is 0 Å². The Morgan fingerprint density at radius 3 is 2.79 bits per heavy atom. The van der Waals surface area contributed by atoms with Crippen molar-refractivity contribution in [2.75, 3.05) is 13.7 Å². The maximum Gasteiger partial charge on any atom is 0.118 e. The van der Waals surface area contributed by atoms with Crippen LogP contribution in [-0.2, 0) is 4.74 Å². The zero-order valence-electron chi connectivity index (χ0n) is 12.1. The van der Waals surface area contributed by atoms with Crippen molar-refractivity contribution in [3.05, 3.63) is 29.8 Å². The first kappa shape index (κ1) is 14.1. The summed E-state index contributed by atoms with van der Waals surface area (Å²) in [6.07, 6.45) is 5.03. The topological polar surface area (TPSA) is 30.8 Å². The summed E-state index contributed by atoms with van der Waals surface area (Å²) in [4.78, 5) is 4.71. The van der Waals surface area contributed by atoms with Crippen molar-refractivity contribution < 1.29 is 9.47 Å². The Labute approximate surface area is 115 Å². The van der Waals surface area contributed by atoms with E-state index in [9.17, 15) is 0 Å². The molecule has 0 spiro atoms. The van der Waals surface area contributed by atoms with E-state index in [-0.39, 0.29) is 5.60 Å². The quantitative estimate of drug-likeness (QED) is 0.777. The predicted molar refractivity (Wildman–Crippen MR) is 78.3 cm³/mol. The number of hydrogen-bond acceptors (Lipinski definition) is 3. The van der Waals surface area contributed by atoms with Gasteiger partial charge in [-0.25, -0.2) is 0 Å². The summed E-state index contributed by atoms with van der Waals surface area (Å²) in [5.74, 6) is 0.877. The fourth-order valence-corrected chi connectivity index (χ4v) is 2.36. The molecule has 2 atom stereocenters. The third-order valence-electron chi connectivity index (χ3n) is 3.87. The largest absolute Gasteiger partial charge is 0.497 e. The van der Waals surface area contributed by atoms with Crippen LogP contribution < -0.4 is 4.74 Å². The van der Waals surface area contributed by atoms with E-state index in [0.29, 0.717) is 6.04 Å². The number of ether oxygens (including phenoxy) is 2. The molecule has 104 valence electrons. The highest BCUT2D eigenvalue weighted by molar-refractivity contribution is 5.79. The number of methoxy groups -OCH3 is 1. The van der Waals surface area contributed by atoms with E-state index in [1.54, 1.807) is 7.11 Å². The number of aliphatic imine (C=N–C) groups is 1. The monoisotopic (exact) mass is 261 g/mol. The molecular weight excluding hydrogens is 238 g/mol. The van der Waals surface area contributed by atoms with Gasteiger partial charge >= 0.3 is 0 Å². The van der Waals surface area contributed by atoms with E-state index in [1.807, 2.05) is 30.5 Å². The van der Waals surface area contributed by atoms with Gasteiger partial charge in [0, 0.05) is 12.8 Å². The molecule has 0 aliphatic carbocycles. The van der Waals surface area contributed by atoms with Crippen molar-refractivity contribution in [2.24, 2.45) is 4.99 Å². The molecular formula is C16H23NO2. The van der Waals surface area contributed by atoms with Crippen LogP contribution in [0.25, 0.3) is 0 Å². The Balaban J connectivity index is 1.97. The highest BCUT2D eigenvalue weighted by Crippen LogP contribution is 2.29. The van der Waals surface area contributed by atoms with Crippen LogP contribution >= 0.6 is 0 Å². The first-order valence-corrected chi connectivity index (χ1v) is 6.96. The van der Waals surface area contributed by atoms with Crippen LogP contribution in [-0.4, -0.2) is 31.6 Å². The second-order valence-corrected chi connectivity index (χ2v) is 5.35. The van der Waals surface area contributed by atoms with Crippen LogP contribution in [0.1, 0.15) is 38.7 Å². The third kappa shape index (κ3) is 3.80. The fraction of sp³-hybridized carbons (Fsp3) is 0.562. The Morgan fingerprint density at radius 2 is 2.16 bits per heavy atom. The summed E-state index contributed by atoms with van der Waals surface area (Å²) in [5, 5.41) is 0. The highest BCUT2D eigenvalue weighted by Gasteiger charge is 2.31. The standard InChI is InChI=1S/C16H23NO2/c1-4-16(2)11-14(9-10-19-16)17-12-13-5-7-15(18-3)8-6-13/h5-8,12,14H,4,9-11H2,1-3H3/t14-,16+/m1/s1. The lowest BCUT2D eigenvalue weighted by atomic mass is 9.90. The lowest BCUT2D eigenvalue weighted by molar-refractivity contribution is -0.0729. The first-order valence-electron chi connectivity index (χ1n) is 6.96. The molecule has 19 heavy (non-hydrogen) atoms. The summed E-state index contributed by atoms with van der Waals surface area (Å²) in [6.45, 7) is 5.17. The van der Waals surface area contributed by atoms with Crippen molar-refractivity contribution in [1.82, 2.24) is 0 Å². The van der Waals surface area contributed by atoms with E-state index < -0.39 is 0 Å². The summed E-state index contributed by atoms with van der Waals surface area (Å²) < 4.78 is 11.0. The maximum atomic E-state index is 5.84. The van der Waals surface area contributed by atoms with E-state index in [0.717, 1.165) is 37.2 Å². The van der Waals surface area contributed by atoms with Gasteiger partial charge in [0.1, 0.15) is 5.75 Å². The van der Waals surface area contributed by atoms with Crippen molar-refractivity contribution in [2.45, 2.75) is 44.8 Å². The van der Waals surface area contributed by atoms with Crippen molar-refractivity contribution in [3.63, 3.8) is 0 Å². The van der Waals surface area contributed by atoms with Crippen LogP contribution in [0, 0.1) is 0 Å². The molecule has 0 amide bonds. The molecule has 3 nitrogen and oxygen atoms in total. The van der Waals surface area contributed by atoms with Crippen LogP contribution in [0.3, 0.4) is 0 Å². The molecule has 3 heteroatoms. The van der Waals surface area contributed by atoms with E-state index in [4.69, 9.17) is 14.5 Å². The van der Waals surface area contributed by atoms with Gasteiger partial charge in [-0.1, -0.05) is 6.92 Å². The molecule has 1 aliphatic heterocycles. The smallest absolute Gasteiger partial charge is 0.118 e. The van der Waals surface area contributed by atoms with Gasteiger partial charge < -0.3 is 9.47 Å². The average molecular weight is 261 g/mol. The molecule has 1 aliphatic rings. The molecule has 1 aromatic rings. The van der Waals surface area contributed by atoms with Gasteiger partial charge in [-0.15, -0.1) is 0 Å². The Morgan fingerprint density at radius 1 is 1.42 bits per heavy atom. The zero-order valence-corrected chi connectivity index (χ0v) is 12.1. The molecule has 1 heterocycles. The second kappa shape index (κ2) is 6.20. The fourth-order valence-electron chi connectivity index (χ4n) is 2.36. The minimum Gasteiger partial charge on any atom is -0.497 e. The third-order valence-corrected chi connectivity index (χ3v) is 3.87. The maximum absolute atomic E-state index is 5.84. The summed E-state index contributed by atoms with van der Waals surface area (Å²) in [6, 6.07) is 8.35. The van der Waals surface area contributed by atoms with Crippen LogP contribution in [0.4, 0.5) is 0 Å². The molecule has 0 aromatic heterocycles. The molecule has 0 radical (unpaired) electrons. The molecule has 2 rings (SSSR count). The Hall–Kier alpha value is -1.35. The molecule has 0 bridgehead atoms. The Kier molecular flexibility index (Phi) is 4.59. The van der Waals surface area contributed by atoms with Crippen molar-refractivity contribution in [3.8, 4) is 5.75 Å². The average Bonchev–Trinajstić information content (AvgIpc) is 2.46. The van der Waals surface area contributed by atoms with Gasteiger partial charge in [-0.05, 0) is 56.0 Å². The van der Waals surface area contributed by atoms with E-state index >= 15 is 0 Å². The second-order valence-electron chi connectivity index (χ2n) is 5.35. The van der Waals surface area contributed by atoms with Gasteiger partial charge in [0.15, 0.2) is 0 Å². The number of benzene rings is 1. The number of rotatable bonds is 4. The minimum absolute atomic E-state index is 0.000163. The van der Waals surface area contributed by atoms with Gasteiger partial charge in [-0.3, -0.25) is 4.99 Å². The van der Waals surface area contributed by atoms with E-state index in [2.05, 4.69) is 13.8 Å². The minimum atomic E-state index is 0.000163. The first-order chi connectivity index (χ1) is 9.15. The lowest BCUT2D eigenvalue weighted by Gasteiger charge is -2.36. The molecule has 1 saturated heterocycles. The van der Waals surface area contributed by atoms with Crippen molar-refractivity contribution >= 4 is 6.21 Å². The van der Waals surface area contributed by atoms with Crippen LogP contribution in [0.2, 0.25) is 0 Å². The molecule has 0 unspecified atom stereocenters. The summed E-state index contributed by atoms with van der Waals surface area (Å²) in [7, 11) is 1.68. The van der Waals surface area contributed by atoms with Gasteiger partial charge in [0.05, 0.1) is 18.8 Å². The summed E-state index contributed by atoms with van der Waals surface area (Å²) in [5.41, 5.74) is 1.12. The molecule has 1 fully saturated rings.